The molecule has 5 aromatic rings. The summed E-state index contributed by atoms with van der Waals surface area (Å²) >= 11 is 0. The van der Waals surface area contributed by atoms with E-state index in [1.807, 2.05) is 13.8 Å². The summed E-state index contributed by atoms with van der Waals surface area (Å²) in [6.07, 6.45) is 0.666. The van der Waals surface area contributed by atoms with Gasteiger partial charge in [-0.05, 0) is 48.6 Å². The molecular formula is C58H86N15O18Y5-5. The number of hydrogen-bond acceptors (Lipinski definition) is 28. The quantitative estimate of drug-likeness (QED) is 0.0542. The number of hydrogen-bond donors (Lipinski definition) is 10. The van der Waals surface area contributed by atoms with Crippen LogP contribution in [0, 0.1) is 41.4 Å². The molecule has 0 bridgehead atoms. The number of anilines is 5. The van der Waals surface area contributed by atoms with Crippen LogP contribution in [0.2, 0.25) is 0 Å². The smallest absolute Gasteiger partial charge is 0.349 e. The van der Waals surface area contributed by atoms with Crippen LogP contribution in [0.4, 0.5) is 29.1 Å². The van der Waals surface area contributed by atoms with Crippen molar-refractivity contribution in [3.8, 4) is 0 Å². The van der Waals surface area contributed by atoms with Crippen LogP contribution in [0.3, 0.4) is 0 Å². The minimum atomic E-state index is -0.894. The van der Waals surface area contributed by atoms with E-state index in [4.69, 9.17) is 59.6 Å². The van der Waals surface area contributed by atoms with Crippen molar-refractivity contribution in [2.75, 3.05) is 103 Å². The standard InChI is InChI=1S/C13H20N3O3.C12H18N3O4.C12H18N3O3.C11H16N3O4.C10H14N3O4.5Y/c1-8-9(2)12(19-10(8)7-18-4)16-6-5-11(14-3)15-13(16)17;1-7-10(16)8(6-18-3)19-11(7)15-5-4-9(13-2)14-12(15)17;1-7-8(2)11(18-9(7)6-17-3)15-5-4-10(13)14-12(15)16;1-6-9(16)7(5-15)18-10(6)14-4-3-8(12-2)13-11(14)17;1-5-8(15)6(4-14)17-9(5)13-3-2-7(11)12-10(13)16;;;;;/h5-6,8,10,12H,7H2,1-4H3,(H,14,15,17);4-5,8,10-11,16H,6H2,1-3H3,(H,13,14,17);4-5,7,9,11H,6H2,1-3H3,(H2,13,14,16);3-4,7,9-10,15-16H,5H2,1-2H3,(H,12,13,17);2-3,6,8-9,14-15H,4H2,1H3,(H2,11,12,16);;;;;/q5*-1;;;;;/t8-,10+,12+;8-,10+,11-;7-,9+,11+;7-,9+,10-;6-,8+,9-;;;;;/m01011...../s1. The van der Waals surface area contributed by atoms with Crippen molar-refractivity contribution < 1.29 is 227 Å². The van der Waals surface area contributed by atoms with E-state index in [0.29, 0.717) is 48.4 Å². The third-order valence-corrected chi connectivity index (χ3v) is 16.1. The Morgan fingerprint density at radius 2 is 0.646 bits per heavy atom. The van der Waals surface area contributed by atoms with Gasteiger partial charge in [0.05, 0.1) is 63.6 Å². The summed E-state index contributed by atoms with van der Waals surface area (Å²) in [5.41, 5.74) is 8.67. The zero-order chi connectivity index (χ0) is 67.1. The molecule has 10 heterocycles. The summed E-state index contributed by atoms with van der Waals surface area (Å²) in [6.45, 7) is 13.9. The van der Waals surface area contributed by atoms with Gasteiger partial charge in [-0.2, -0.15) is 59.5 Å². The van der Waals surface area contributed by atoms with Crippen molar-refractivity contribution >= 4 is 29.1 Å². The van der Waals surface area contributed by atoms with Gasteiger partial charge in [-0.25, -0.2) is 41.7 Å². The zero-order valence-electron chi connectivity index (χ0n) is 56.0. The Morgan fingerprint density at radius 3 is 0.885 bits per heavy atom. The zero-order valence-corrected chi connectivity index (χ0v) is 70.2. The summed E-state index contributed by atoms with van der Waals surface area (Å²) in [4.78, 5) is 78.0. The van der Waals surface area contributed by atoms with Crippen molar-refractivity contribution in [3.05, 3.63) is 143 Å². The minimum absolute atomic E-state index is 0. The van der Waals surface area contributed by atoms with E-state index in [0.717, 1.165) is 11.8 Å². The number of nitrogens with two attached hydrogens (primary N) is 2. The van der Waals surface area contributed by atoms with Crippen LogP contribution in [-0.4, -0.2) is 198 Å². The molecule has 96 heavy (non-hydrogen) atoms. The van der Waals surface area contributed by atoms with Crippen LogP contribution < -0.4 is 55.9 Å². The SMILES string of the molecule is CNc1ccn([C@@H]2O[C@H](CO)[C@@H](O)[C-]2C)c(=O)n1.CNc1ccn([C@@H]2O[C@H](COC)[C@@H](C)[C-]2C)c(=O)n1.CNc1ccn([C@@H]2O[C@H](COC)[C@@H](O)[C-]2C)c(=O)n1.COC[C@H]1O[C@@H](n2ccc(N)nc2=O)[C-](C)[C@@H]1C.C[C-]1[C@H](n2ccc(N)nc2=O)O[C@H](CO)[C@H]1O.[Y].[Y].[Y].[Y].[Y]. The summed E-state index contributed by atoms with van der Waals surface area (Å²) in [7, 11) is 9.90. The molecule has 0 amide bonds. The Balaban J connectivity index is 0.000000593. The Bertz CT molecular complexity index is 3350. The maximum absolute atomic E-state index is 12.0. The minimum Gasteiger partial charge on any atom is -0.422 e. The monoisotopic (exact) mass is 1730 g/mol. The topological polar surface area (TPSA) is 438 Å². The molecule has 5 aliphatic rings. The normalized spacial score (nSPS) is 27.0. The molecular weight excluding hydrogens is 1640 g/mol. The Hall–Kier alpha value is -1.60. The maximum atomic E-state index is 12.0. The molecule has 0 saturated carbocycles. The molecule has 12 N–H and O–H groups in total. The van der Waals surface area contributed by atoms with Crippen LogP contribution in [0.5, 0.6) is 0 Å². The predicted molar refractivity (Wildman–Crippen MR) is 330 cm³/mol. The number of aliphatic hydroxyl groups is 5. The van der Waals surface area contributed by atoms with E-state index in [1.54, 1.807) is 105 Å². The first-order valence-corrected chi connectivity index (χ1v) is 29.0. The molecule has 5 radical (unpaired) electrons. The van der Waals surface area contributed by atoms with Gasteiger partial charge in [0, 0.05) is 268 Å². The fourth-order valence-electron chi connectivity index (χ4n) is 10.3. The van der Waals surface area contributed by atoms with Gasteiger partial charge in [-0.1, -0.05) is 13.8 Å². The molecule has 521 valence electrons. The Kier molecular flexibility index (Phi) is 42.5. The number of ether oxygens (including phenoxy) is 8. The third-order valence-electron chi connectivity index (χ3n) is 16.1. The summed E-state index contributed by atoms with van der Waals surface area (Å²) in [5, 5.41) is 56.1. The van der Waals surface area contributed by atoms with E-state index in [9.17, 15) is 39.3 Å². The molecule has 0 unspecified atom stereocenters. The van der Waals surface area contributed by atoms with Crippen LogP contribution in [0.15, 0.2) is 85.3 Å². The van der Waals surface area contributed by atoms with E-state index in [-0.39, 0.29) is 237 Å². The Morgan fingerprint density at radius 1 is 0.417 bits per heavy atom. The third kappa shape index (κ3) is 23.2. The van der Waals surface area contributed by atoms with E-state index >= 15 is 0 Å². The fraction of sp³-hybridized carbons (Fsp3) is 0.569. The fourth-order valence-corrected chi connectivity index (χ4v) is 10.3. The van der Waals surface area contributed by atoms with Gasteiger partial charge in [-0.15, -0.1) is 11.8 Å². The van der Waals surface area contributed by atoms with Gasteiger partial charge >= 0.3 is 28.4 Å². The van der Waals surface area contributed by atoms with Gasteiger partial charge in [0.2, 0.25) is 0 Å². The molecule has 0 aliphatic carbocycles. The average Bonchev–Trinajstić information content (AvgIpc) is 1.68. The number of nitrogens with one attached hydrogen (secondary N) is 3. The Labute approximate surface area is 682 Å². The van der Waals surface area contributed by atoms with Crippen LogP contribution in [0.1, 0.15) is 79.6 Å². The summed E-state index contributed by atoms with van der Waals surface area (Å²) in [5.74, 6) is 6.34. The van der Waals surface area contributed by atoms with Crippen molar-refractivity contribution in [2.45, 2.75) is 128 Å². The van der Waals surface area contributed by atoms with Crippen molar-refractivity contribution in [1.82, 2.24) is 47.8 Å². The molecule has 0 spiro atoms. The van der Waals surface area contributed by atoms with E-state index in [2.05, 4.69) is 54.7 Å². The van der Waals surface area contributed by atoms with Crippen LogP contribution >= 0.6 is 0 Å². The number of methoxy groups -OCH3 is 3. The van der Waals surface area contributed by atoms with E-state index in [1.165, 1.54) is 42.2 Å². The summed E-state index contributed by atoms with van der Waals surface area (Å²) in [6, 6.07) is 8.13. The predicted octanol–water partition coefficient (Wildman–Crippen LogP) is -0.769. The van der Waals surface area contributed by atoms with Crippen molar-refractivity contribution in [3.63, 3.8) is 0 Å². The van der Waals surface area contributed by atoms with Crippen LogP contribution in [0.25, 0.3) is 0 Å². The molecule has 10 rings (SSSR count). The second kappa shape index (κ2) is 44.1. The molecule has 33 nitrogen and oxygen atoms in total. The van der Waals surface area contributed by atoms with Gasteiger partial charge in [-0.3, -0.25) is 11.8 Å². The summed E-state index contributed by atoms with van der Waals surface area (Å²) < 4.78 is 50.3. The van der Waals surface area contributed by atoms with E-state index < -0.39 is 78.1 Å². The van der Waals surface area contributed by atoms with Gasteiger partial charge in [0.15, 0.2) is 0 Å². The number of aliphatic hydroxyl groups excluding tert-OH is 5. The van der Waals surface area contributed by atoms with Crippen molar-refractivity contribution in [1.29, 1.82) is 0 Å². The molecule has 15 atom stereocenters. The first kappa shape index (κ1) is 92.4. The largest absolute Gasteiger partial charge is 0.422 e. The number of nitrogen functional groups attached to an aromatic ring is 2. The first-order chi connectivity index (χ1) is 43.3. The molecule has 5 fully saturated rings. The number of aromatic nitrogens is 10. The van der Waals surface area contributed by atoms with Crippen molar-refractivity contribution in [2.24, 2.45) is 11.8 Å². The molecule has 5 aliphatic heterocycles. The van der Waals surface area contributed by atoms with Crippen LogP contribution in [-0.2, 0) is 201 Å². The van der Waals surface area contributed by atoms with Gasteiger partial charge in [0.25, 0.3) is 0 Å². The number of rotatable bonds is 16. The first-order valence-electron chi connectivity index (χ1n) is 29.0. The second-order valence-electron chi connectivity index (χ2n) is 21.8. The average molecular weight is 1730 g/mol. The molecule has 5 aromatic heterocycles. The van der Waals surface area contributed by atoms with Gasteiger partial charge in [0.1, 0.15) is 29.1 Å². The number of nitrogens with zero attached hydrogens (tertiary/aromatic N) is 10. The second-order valence-corrected chi connectivity index (χ2v) is 21.8. The molecule has 38 heteroatoms. The molecule has 0 aromatic carbocycles. The van der Waals surface area contributed by atoms with Gasteiger partial charge < -0.3 is 114 Å². The maximum Gasteiger partial charge on any atom is 0.349 e. The molecule has 5 saturated heterocycles.